The Morgan fingerprint density at radius 3 is 2.35 bits per heavy atom. The lowest BCUT2D eigenvalue weighted by Crippen LogP contribution is -2.10. The molecule has 0 aromatic rings. The molecular formula is C12H22O4S. The zero-order chi connectivity index (χ0) is 12.9. The van der Waals surface area contributed by atoms with Crippen molar-refractivity contribution in [3.8, 4) is 0 Å². The molecule has 0 unspecified atom stereocenters. The second-order valence-electron chi connectivity index (χ2n) is 3.63. The molecule has 0 spiro atoms. The molecule has 5 heteroatoms. The monoisotopic (exact) mass is 262 g/mol. The summed E-state index contributed by atoms with van der Waals surface area (Å²) in [6, 6.07) is 0. The normalized spacial score (nSPS) is 10.0. The van der Waals surface area contributed by atoms with Crippen LogP contribution in [0.25, 0.3) is 0 Å². The molecule has 0 amide bonds. The third-order valence-electron chi connectivity index (χ3n) is 2.14. The average molecular weight is 262 g/mol. The first-order valence-corrected chi connectivity index (χ1v) is 7.14. The van der Waals surface area contributed by atoms with E-state index in [1.807, 2.05) is 6.92 Å². The molecule has 0 aliphatic carbocycles. The molecule has 0 aromatic heterocycles. The number of carbonyl (C=O) groups excluding carboxylic acids is 2. The fourth-order valence-corrected chi connectivity index (χ4v) is 1.62. The molecule has 0 saturated carbocycles. The summed E-state index contributed by atoms with van der Waals surface area (Å²) in [6.07, 6.45) is 5.86. The minimum absolute atomic E-state index is 0.264. The van der Waals surface area contributed by atoms with Crippen molar-refractivity contribution in [2.45, 2.75) is 52.4 Å². The standard InChI is InChI=1S/C12H22O4S/c1-3-5-6-7-8-9-11(13)15-10-16-12(14)17-4-2/h3-10H2,1-2H3. The van der Waals surface area contributed by atoms with Gasteiger partial charge in [0.15, 0.2) is 0 Å². The molecule has 0 rings (SSSR count). The number of hydrogen-bond donors (Lipinski definition) is 0. The van der Waals surface area contributed by atoms with E-state index in [1.165, 1.54) is 12.8 Å². The van der Waals surface area contributed by atoms with E-state index in [4.69, 9.17) is 4.74 Å². The van der Waals surface area contributed by atoms with E-state index in [0.717, 1.165) is 31.0 Å². The van der Waals surface area contributed by atoms with Crippen LogP contribution in [0.5, 0.6) is 0 Å². The van der Waals surface area contributed by atoms with Crippen molar-refractivity contribution in [3.63, 3.8) is 0 Å². The molecule has 0 fully saturated rings. The number of ether oxygens (including phenoxy) is 2. The Balaban J connectivity index is 3.31. The first kappa shape index (κ1) is 16.3. The lowest BCUT2D eigenvalue weighted by atomic mass is 10.1. The van der Waals surface area contributed by atoms with E-state index < -0.39 is 5.30 Å². The molecule has 0 saturated heterocycles. The number of carbonyl (C=O) groups is 2. The van der Waals surface area contributed by atoms with E-state index >= 15 is 0 Å². The molecule has 0 atom stereocenters. The lowest BCUT2D eigenvalue weighted by Gasteiger charge is -2.05. The van der Waals surface area contributed by atoms with Crippen molar-refractivity contribution in [2.75, 3.05) is 12.5 Å². The Hall–Kier alpha value is -0.710. The molecule has 17 heavy (non-hydrogen) atoms. The van der Waals surface area contributed by atoms with Gasteiger partial charge < -0.3 is 9.47 Å². The van der Waals surface area contributed by atoms with Gasteiger partial charge in [-0.2, -0.15) is 0 Å². The second-order valence-corrected chi connectivity index (χ2v) is 4.83. The van der Waals surface area contributed by atoms with Gasteiger partial charge in [0.05, 0.1) is 0 Å². The van der Waals surface area contributed by atoms with Crippen molar-refractivity contribution < 1.29 is 19.1 Å². The summed E-state index contributed by atoms with van der Waals surface area (Å²) in [6.45, 7) is 3.74. The topological polar surface area (TPSA) is 52.6 Å². The molecule has 4 nitrogen and oxygen atoms in total. The van der Waals surface area contributed by atoms with E-state index in [1.54, 1.807) is 0 Å². The highest BCUT2D eigenvalue weighted by atomic mass is 32.2. The summed E-state index contributed by atoms with van der Waals surface area (Å²) >= 11 is 1.06. The Morgan fingerprint density at radius 1 is 1.00 bits per heavy atom. The summed E-state index contributed by atoms with van der Waals surface area (Å²) in [7, 11) is 0. The van der Waals surface area contributed by atoms with Crippen LogP contribution in [0.15, 0.2) is 0 Å². The minimum Gasteiger partial charge on any atom is -0.428 e. The third kappa shape index (κ3) is 11.6. The van der Waals surface area contributed by atoms with Gasteiger partial charge in [0, 0.05) is 12.2 Å². The lowest BCUT2D eigenvalue weighted by molar-refractivity contribution is -0.151. The van der Waals surface area contributed by atoms with Crippen LogP contribution in [-0.4, -0.2) is 23.8 Å². The van der Waals surface area contributed by atoms with Gasteiger partial charge in [-0.05, 0) is 18.2 Å². The van der Waals surface area contributed by atoms with Gasteiger partial charge in [0.1, 0.15) is 0 Å². The maximum atomic E-state index is 11.2. The Kier molecular flexibility index (Phi) is 11.3. The van der Waals surface area contributed by atoms with Crippen LogP contribution in [0.3, 0.4) is 0 Å². The van der Waals surface area contributed by atoms with Gasteiger partial charge in [0.2, 0.25) is 6.79 Å². The summed E-state index contributed by atoms with van der Waals surface area (Å²) in [5, 5.41) is -0.400. The van der Waals surface area contributed by atoms with Crippen molar-refractivity contribution in [2.24, 2.45) is 0 Å². The zero-order valence-electron chi connectivity index (χ0n) is 10.7. The minimum atomic E-state index is -0.400. The molecule has 0 bridgehead atoms. The van der Waals surface area contributed by atoms with Gasteiger partial charge in [0.25, 0.3) is 0 Å². The predicted molar refractivity (Wildman–Crippen MR) is 68.9 cm³/mol. The van der Waals surface area contributed by atoms with Crippen molar-refractivity contribution in [1.29, 1.82) is 0 Å². The quantitative estimate of drug-likeness (QED) is 0.360. The highest BCUT2D eigenvalue weighted by molar-refractivity contribution is 8.13. The Morgan fingerprint density at radius 2 is 1.71 bits per heavy atom. The highest BCUT2D eigenvalue weighted by Crippen LogP contribution is 2.07. The molecule has 0 aliphatic rings. The van der Waals surface area contributed by atoms with Crippen LogP contribution in [0.2, 0.25) is 0 Å². The molecular weight excluding hydrogens is 240 g/mol. The van der Waals surface area contributed by atoms with E-state index in [-0.39, 0.29) is 12.8 Å². The average Bonchev–Trinajstić information content (AvgIpc) is 2.29. The van der Waals surface area contributed by atoms with Crippen LogP contribution >= 0.6 is 11.8 Å². The summed E-state index contributed by atoms with van der Waals surface area (Å²) < 4.78 is 9.45. The zero-order valence-corrected chi connectivity index (χ0v) is 11.5. The SMILES string of the molecule is CCCCCCCC(=O)OCOC(=O)SCC. The number of thioether (sulfide) groups is 1. The highest BCUT2D eigenvalue weighted by Gasteiger charge is 2.05. The van der Waals surface area contributed by atoms with Gasteiger partial charge in [-0.25, -0.2) is 4.79 Å². The second kappa shape index (κ2) is 11.8. The van der Waals surface area contributed by atoms with Crippen LogP contribution in [0.1, 0.15) is 52.4 Å². The fourth-order valence-electron chi connectivity index (χ4n) is 1.25. The van der Waals surface area contributed by atoms with Crippen LogP contribution in [0.4, 0.5) is 4.79 Å². The Labute approximate surface area is 107 Å². The van der Waals surface area contributed by atoms with E-state index in [0.29, 0.717) is 12.2 Å². The van der Waals surface area contributed by atoms with Crippen LogP contribution in [-0.2, 0) is 14.3 Å². The maximum absolute atomic E-state index is 11.2. The van der Waals surface area contributed by atoms with Crippen molar-refractivity contribution in [1.82, 2.24) is 0 Å². The number of hydrogen-bond acceptors (Lipinski definition) is 5. The number of unbranched alkanes of at least 4 members (excludes halogenated alkanes) is 4. The van der Waals surface area contributed by atoms with E-state index in [9.17, 15) is 9.59 Å². The van der Waals surface area contributed by atoms with Crippen LogP contribution in [0, 0.1) is 0 Å². The van der Waals surface area contributed by atoms with Crippen LogP contribution < -0.4 is 0 Å². The summed E-state index contributed by atoms with van der Waals surface area (Å²) in [5.74, 6) is 0.361. The van der Waals surface area contributed by atoms with Crippen molar-refractivity contribution >= 4 is 23.0 Å². The van der Waals surface area contributed by atoms with E-state index in [2.05, 4.69) is 11.7 Å². The molecule has 0 aromatic carbocycles. The molecule has 100 valence electrons. The smallest absolute Gasteiger partial charge is 0.370 e. The molecule has 0 N–H and O–H groups in total. The van der Waals surface area contributed by atoms with Gasteiger partial charge in [-0.3, -0.25) is 4.79 Å². The fraction of sp³-hybridized carbons (Fsp3) is 0.833. The first-order chi connectivity index (χ1) is 8.20. The number of rotatable bonds is 9. The van der Waals surface area contributed by atoms with Gasteiger partial charge in [-0.1, -0.05) is 39.5 Å². The predicted octanol–water partition coefficient (Wildman–Crippen LogP) is 3.74. The Bertz CT molecular complexity index is 219. The first-order valence-electron chi connectivity index (χ1n) is 6.15. The molecule has 0 heterocycles. The number of esters is 1. The summed E-state index contributed by atoms with van der Waals surface area (Å²) in [4.78, 5) is 22.1. The molecule has 0 radical (unpaired) electrons. The van der Waals surface area contributed by atoms with Gasteiger partial charge in [-0.15, -0.1) is 0 Å². The third-order valence-corrected chi connectivity index (χ3v) is 2.79. The largest absolute Gasteiger partial charge is 0.428 e. The summed E-state index contributed by atoms with van der Waals surface area (Å²) in [5.41, 5.74) is 0. The molecule has 0 aliphatic heterocycles. The van der Waals surface area contributed by atoms with Gasteiger partial charge >= 0.3 is 11.3 Å². The van der Waals surface area contributed by atoms with Crippen molar-refractivity contribution in [3.05, 3.63) is 0 Å². The maximum Gasteiger partial charge on any atom is 0.370 e.